The third-order valence-electron chi connectivity index (χ3n) is 2.38. The highest BCUT2D eigenvalue weighted by atomic mass is 16.5. The fourth-order valence-electron chi connectivity index (χ4n) is 1.54. The summed E-state index contributed by atoms with van der Waals surface area (Å²) in [5, 5.41) is 0. The van der Waals surface area contributed by atoms with Gasteiger partial charge in [0.05, 0.1) is 5.60 Å². The molecule has 0 aliphatic heterocycles. The number of allylic oxidation sites excluding steroid dienone is 1. The summed E-state index contributed by atoms with van der Waals surface area (Å²) in [4.78, 5) is 12.0. The minimum atomic E-state index is -0.486. The first-order chi connectivity index (χ1) is 6.24. The van der Waals surface area contributed by atoms with Crippen LogP contribution in [0.1, 0.15) is 41.5 Å². The van der Waals surface area contributed by atoms with Crippen LogP contribution in [0.3, 0.4) is 0 Å². The van der Waals surface area contributed by atoms with Crippen molar-refractivity contribution in [2.75, 3.05) is 7.11 Å². The molecule has 0 bridgehead atoms. The van der Waals surface area contributed by atoms with Crippen molar-refractivity contribution in [2.45, 2.75) is 47.1 Å². The molecule has 0 saturated heterocycles. The van der Waals surface area contributed by atoms with Crippen molar-refractivity contribution in [1.29, 1.82) is 0 Å². The van der Waals surface area contributed by atoms with E-state index in [-0.39, 0.29) is 11.7 Å². The Labute approximate surface area is 87.3 Å². The van der Waals surface area contributed by atoms with Crippen LogP contribution < -0.4 is 0 Å². The van der Waals surface area contributed by atoms with Gasteiger partial charge in [0.25, 0.3) is 0 Å². The van der Waals surface area contributed by atoms with Crippen molar-refractivity contribution in [2.24, 2.45) is 5.92 Å². The van der Waals surface area contributed by atoms with Crippen LogP contribution in [0.5, 0.6) is 0 Å². The van der Waals surface area contributed by atoms with E-state index in [9.17, 15) is 4.79 Å². The number of Topliss-reactive ketones (excluding diaryl/α,β-unsaturated/α-hetero) is 1. The summed E-state index contributed by atoms with van der Waals surface area (Å²) < 4.78 is 5.35. The van der Waals surface area contributed by atoms with Crippen LogP contribution in [0.15, 0.2) is 11.1 Å². The van der Waals surface area contributed by atoms with Crippen molar-refractivity contribution < 1.29 is 9.53 Å². The van der Waals surface area contributed by atoms with Gasteiger partial charge < -0.3 is 4.74 Å². The molecule has 2 heteroatoms. The Morgan fingerprint density at radius 1 is 1.21 bits per heavy atom. The quantitative estimate of drug-likeness (QED) is 0.649. The van der Waals surface area contributed by atoms with E-state index in [1.807, 2.05) is 41.5 Å². The van der Waals surface area contributed by atoms with Crippen molar-refractivity contribution in [1.82, 2.24) is 0 Å². The normalized spacial score (nSPS) is 11.7. The third kappa shape index (κ3) is 2.95. The monoisotopic (exact) mass is 198 g/mol. The molecule has 0 spiro atoms. The highest BCUT2D eigenvalue weighted by Gasteiger charge is 2.30. The van der Waals surface area contributed by atoms with Crippen LogP contribution >= 0.6 is 0 Å². The summed E-state index contributed by atoms with van der Waals surface area (Å²) in [7, 11) is 1.64. The molecule has 0 fully saturated rings. The SMILES string of the molecule is COC(C)(C)C(C(=O)C(C)C)=C(C)C. The average Bonchev–Trinajstić information content (AvgIpc) is 2.03. The number of ether oxygens (including phenoxy) is 1. The van der Waals surface area contributed by atoms with Crippen LogP contribution in [0.25, 0.3) is 0 Å². The zero-order valence-electron chi connectivity index (χ0n) is 10.4. The smallest absolute Gasteiger partial charge is 0.164 e. The average molecular weight is 198 g/mol. The van der Waals surface area contributed by atoms with E-state index in [2.05, 4.69) is 0 Å². The number of methoxy groups -OCH3 is 1. The summed E-state index contributed by atoms with van der Waals surface area (Å²) in [5.74, 6) is 0.200. The summed E-state index contributed by atoms with van der Waals surface area (Å²) in [6, 6.07) is 0. The summed E-state index contributed by atoms with van der Waals surface area (Å²) >= 11 is 0. The summed E-state index contributed by atoms with van der Waals surface area (Å²) in [6.45, 7) is 11.6. The number of carbonyl (C=O) groups is 1. The lowest BCUT2D eigenvalue weighted by Gasteiger charge is -2.28. The molecular formula is C12H22O2. The van der Waals surface area contributed by atoms with Crippen LogP contribution in [0, 0.1) is 5.92 Å². The standard InChI is InChI=1S/C12H22O2/c1-8(2)10(11(13)9(3)4)12(5,6)14-7/h9H,1-7H3. The second kappa shape index (κ2) is 4.74. The van der Waals surface area contributed by atoms with E-state index >= 15 is 0 Å². The maximum absolute atomic E-state index is 12.0. The molecule has 0 saturated carbocycles. The molecule has 0 aromatic rings. The second-order valence-corrected chi connectivity index (χ2v) is 4.61. The zero-order chi connectivity index (χ0) is 11.5. The van der Waals surface area contributed by atoms with Crippen LogP contribution in [0.4, 0.5) is 0 Å². The molecule has 0 unspecified atom stereocenters. The molecule has 0 aliphatic carbocycles. The predicted molar refractivity (Wildman–Crippen MR) is 59.3 cm³/mol. The Kier molecular flexibility index (Phi) is 4.53. The van der Waals surface area contributed by atoms with Crippen molar-refractivity contribution in [3.8, 4) is 0 Å². The van der Waals surface area contributed by atoms with Gasteiger partial charge in [0.1, 0.15) is 0 Å². The number of carbonyl (C=O) groups excluding carboxylic acids is 1. The lowest BCUT2D eigenvalue weighted by atomic mass is 9.86. The highest BCUT2D eigenvalue weighted by molar-refractivity contribution is 5.99. The zero-order valence-corrected chi connectivity index (χ0v) is 10.4. The van der Waals surface area contributed by atoms with E-state index in [4.69, 9.17) is 4.74 Å². The third-order valence-corrected chi connectivity index (χ3v) is 2.38. The molecule has 0 aromatic heterocycles. The Hall–Kier alpha value is -0.630. The van der Waals surface area contributed by atoms with Gasteiger partial charge in [-0.2, -0.15) is 0 Å². The molecule has 14 heavy (non-hydrogen) atoms. The van der Waals surface area contributed by atoms with Gasteiger partial charge in [-0.15, -0.1) is 0 Å². The Bertz CT molecular complexity index is 243. The molecular weight excluding hydrogens is 176 g/mol. The summed E-state index contributed by atoms with van der Waals surface area (Å²) in [6.07, 6.45) is 0. The van der Waals surface area contributed by atoms with E-state index in [1.165, 1.54) is 0 Å². The second-order valence-electron chi connectivity index (χ2n) is 4.61. The Balaban J connectivity index is 5.21. The maximum atomic E-state index is 12.0. The molecule has 0 rings (SSSR count). The number of hydrogen-bond donors (Lipinski definition) is 0. The van der Waals surface area contributed by atoms with Gasteiger partial charge in [-0.1, -0.05) is 19.4 Å². The van der Waals surface area contributed by atoms with Gasteiger partial charge in [0.2, 0.25) is 0 Å². The van der Waals surface area contributed by atoms with Crippen LogP contribution in [-0.2, 0) is 9.53 Å². The molecule has 82 valence electrons. The largest absolute Gasteiger partial charge is 0.374 e. The predicted octanol–water partition coefficient (Wildman–Crippen LogP) is 2.97. The molecule has 0 N–H and O–H groups in total. The van der Waals surface area contributed by atoms with Crippen LogP contribution in [-0.4, -0.2) is 18.5 Å². The lowest BCUT2D eigenvalue weighted by molar-refractivity contribution is -0.120. The molecule has 0 radical (unpaired) electrons. The van der Waals surface area contributed by atoms with Gasteiger partial charge in [-0.3, -0.25) is 4.79 Å². The number of hydrogen-bond acceptors (Lipinski definition) is 2. The van der Waals surface area contributed by atoms with Crippen LogP contribution in [0.2, 0.25) is 0 Å². The number of rotatable bonds is 4. The summed E-state index contributed by atoms with van der Waals surface area (Å²) in [5.41, 5.74) is 1.35. The number of ketones is 1. The van der Waals surface area contributed by atoms with Gasteiger partial charge in [-0.05, 0) is 27.7 Å². The van der Waals surface area contributed by atoms with Crippen molar-refractivity contribution in [3.05, 3.63) is 11.1 Å². The Morgan fingerprint density at radius 3 is 1.86 bits per heavy atom. The fourth-order valence-corrected chi connectivity index (χ4v) is 1.54. The minimum absolute atomic E-state index is 0.0225. The van der Waals surface area contributed by atoms with E-state index in [0.717, 1.165) is 11.1 Å². The van der Waals surface area contributed by atoms with E-state index in [0.29, 0.717) is 0 Å². The van der Waals surface area contributed by atoms with Crippen molar-refractivity contribution in [3.63, 3.8) is 0 Å². The molecule has 2 nitrogen and oxygen atoms in total. The van der Waals surface area contributed by atoms with E-state index < -0.39 is 5.60 Å². The van der Waals surface area contributed by atoms with E-state index in [1.54, 1.807) is 7.11 Å². The fraction of sp³-hybridized carbons (Fsp3) is 0.750. The molecule has 0 heterocycles. The topological polar surface area (TPSA) is 26.3 Å². The molecule has 0 aromatic carbocycles. The molecule has 0 aliphatic rings. The Morgan fingerprint density at radius 2 is 1.64 bits per heavy atom. The van der Waals surface area contributed by atoms with Crippen molar-refractivity contribution >= 4 is 5.78 Å². The molecule has 0 amide bonds. The van der Waals surface area contributed by atoms with Gasteiger partial charge in [0, 0.05) is 18.6 Å². The first-order valence-corrected chi connectivity index (χ1v) is 5.01. The van der Waals surface area contributed by atoms with Gasteiger partial charge in [-0.25, -0.2) is 0 Å². The highest BCUT2D eigenvalue weighted by Crippen LogP contribution is 2.26. The molecule has 0 atom stereocenters. The first kappa shape index (κ1) is 13.4. The minimum Gasteiger partial charge on any atom is -0.374 e. The lowest BCUT2D eigenvalue weighted by Crippen LogP contribution is -2.33. The van der Waals surface area contributed by atoms with Gasteiger partial charge in [0.15, 0.2) is 5.78 Å². The maximum Gasteiger partial charge on any atom is 0.164 e. The van der Waals surface area contributed by atoms with Gasteiger partial charge >= 0.3 is 0 Å². The first-order valence-electron chi connectivity index (χ1n) is 5.01.